The Morgan fingerprint density at radius 2 is 0.742 bits per heavy atom. The van der Waals surface area contributed by atoms with Crippen molar-refractivity contribution in [2.45, 2.75) is 19.3 Å². The van der Waals surface area contributed by atoms with Gasteiger partial charge in [0.05, 0.1) is 0 Å². The maximum Gasteiger partial charge on any atom is 0.0488 e. The Morgan fingerprint density at radius 3 is 1.33 bits per heavy atom. The molecule has 3 heteroatoms. The fraction of sp³-hybridized carbons (Fsp3) is 0.0476. The third-order valence-electron chi connectivity index (χ3n) is 13.4. The summed E-state index contributed by atoms with van der Waals surface area (Å²) in [6, 6.07) is 88.9. The van der Waals surface area contributed by atoms with Gasteiger partial charge < -0.3 is 9.80 Å². The van der Waals surface area contributed by atoms with Gasteiger partial charge in [-0.25, -0.2) is 0 Å². The fourth-order valence-electron chi connectivity index (χ4n) is 10.1. The SMILES string of the molecule is CC1(C)c2ccccc2-c2ccc(N(c3ccccc3)c3cc(-c4cccc(-c5ccc6sc7ccc(-c8ccccc8)cc7c6c5)c4)cc(N(c4ccccc4)c4ccccc4)c3)cc21. The standard InChI is InChI=1S/C63H46N2S/c1-63(2)59-29-16-15-28-55(59)56-33-32-52(42-60(56)63)65(51-26-13-6-14-27-51)54-38-48(37-53(41-54)64(49-22-9-4-10-23-49)50-24-11-5-12-25-50)45-21-17-20-44(36-45)47-31-35-62-58(40-47)57-39-46(30-34-61(57)66-62)43-18-7-3-8-19-43/h3-42H,1-2H3. The first kappa shape index (κ1) is 39.6. The summed E-state index contributed by atoms with van der Waals surface area (Å²) in [6.45, 7) is 4.72. The topological polar surface area (TPSA) is 6.48 Å². The molecule has 1 heterocycles. The maximum atomic E-state index is 2.43. The molecule has 0 N–H and O–H groups in total. The van der Waals surface area contributed by atoms with E-state index in [1.807, 2.05) is 11.3 Å². The van der Waals surface area contributed by atoms with Crippen molar-refractivity contribution in [3.63, 3.8) is 0 Å². The molecule has 0 fully saturated rings. The molecule has 0 aliphatic heterocycles. The number of fused-ring (bicyclic) bond motifs is 6. The summed E-state index contributed by atoms with van der Waals surface area (Å²) < 4.78 is 2.61. The number of nitrogens with zero attached hydrogens (tertiary/aromatic N) is 2. The van der Waals surface area contributed by atoms with Gasteiger partial charge in [0.2, 0.25) is 0 Å². The Labute approximate surface area is 391 Å². The van der Waals surface area contributed by atoms with Crippen LogP contribution in [-0.4, -0.2) is 0 Å². The second kappa shape index (κ2) is 16.2. The quantitative estimate of drug-likeness (QED) is 0.143. The van der Waals surface area contributed by atoms with Crippen molar-refractivity contribution in [1.29, 1.82) is 0 Å². The highest BCUT2D eigenvalue weighted by atomic mass is 32.1. The fourth-order valence-corrected chi connectivity index (χ4v) is 11.2. The average Bonchev–Trinajstić information content (AvgIpc) is 3.86. The zero-order valence-electron chi connectivity index (χ0n) is 36.9. The molecule has 2 nitrogen and oxygen atoms in total. The van der Waals surface area contributed by atoms with Gasteiger partial charge >= 0.3 is 0 Å². The summed E-state index contributed by atoms with van der Waals surface area (Å²) in [5.74, 6) is 0. The molecule has 0 unspecified atom stereocenters. The van der Waals surface area contributed by atoms with Crippen molar-refractivity contribution in [2.24, 2.45) is 0 Å². The van der Waals surface area contributed by atoms with E-state index in [2.05, 4.69) is 266 Å². The van der Waals surface area contributed by atoms with Gasteiger partial charge in [-0.15, -0.1) is 11.3 Å². The summed E-state index contributed by atoms with van der Waals surface area (Å²) in [6.07, 6.45) is 0. The molecular formula is C63H46N2S. The van der Waals surface area contributed by atoms with Crippen LogP contribution in [0.5, 0.6) is 0 Å². The Balaban J connectivity index is 1.04. The smallest absolute Gasteiger partial charge is 0.0488 e. The number of anilines is 6. The number of thiophene rings is 1. The number of para-hydroxylation sites is 3. The van der Waals surface area contributed by atoms with Crippen LogP contribution in [0.3, 0.4) is 0 Å². The molecule has 1 aliphatic carbocycles. The van der Waals surface area contributed by atoms with Crippen LogP contribution in [0.25, 0.3) is 64.7 Å². The van der Waals surface area contributed by atoms with Crippen molar-refractivity contribution in [2.75, 3.05) is 9.80 Å². The summed E-state index contributed by atoms with van der Waals surface area (Å²) in [7, 11) is 0. The minimum atomic E-state index is -0.141. The molecule has 314 valence electrons. The third-order valence-corrected chi connectivity index (χ3v) is 14.5. The third kappa shape index (κ3) is 6.97. The predicted molar refractivity (Wildman–Crippen MR) is 283 cm³/mol. The Bertz CT molecular complexity index is 3520. The highest BCUT2D eigenvalue weighted by molar-refractivity contribution is 7.25. The first-order valence-electron chi connectivity index (χ1n) is 22.7. The molecule has 10 aromatic carbocycles. The van der Waals surface area contributed by atoms with Crippen LogP contribution in [0.1, 0.15) is 25.0 Å². The summed E-state index contributed by atoms with van der Waals surface area (Å²) in [5.41, 5.74) is 18.9. The van der Waals surface area contributed by atoms with Crippen LogP contribution in [-0.2, 0) is 5.41 Å². The minimum absolute atomic E-state index is 0.141. The molecule has 1 aliphatic rings. The van der Waals surface area contributed by atoms with Crippen molar-refractivity contribution < 1.29 is 0 Å². The molecule has 0 amide bonds. The lowest BCUT2D eigenvalue weighted by Crippen LogP contribution is -2.17. The Hall–Kier alpha value is -7.98. The van der Waals surface area contributed by atoms with E-state index in [1.54, 1.807) is 0 Å². The second-order valence-electron chi connectivity index (χ2n) is 17.8. The van der Waals surface area contributed by atoms with Gasteiger partial charge in [0.15, 0.2) is 0 Å². The lowest BCUT2D eigenvalue weighted by Gasteiger charge is -2.31. The Kier molecular flexibility index (Phi) is 9.73. The first-order chi connectivity index (χ1) is 32.5. The maximum absolute atomic E-state index is 2.43. The summed E-state index contributed by atoms with van der Waals surface area (Å²) >= 11 is 1.86. The molecule has 12 rings (SSSR count). The van der Waals surface area contributed by atoms with Crippen LogP contribution in [0.2, 0.25) is 0 Å². The van der Waals surface area contributed by atoms with E-state index in [1.165, 1.54) is 64.7 Å². The number of hydrogen-bond donors (Lipinski definition) is 0. The lowest BCUT2D eigenvalue weighted by atomic mass is 9.82. The van der Waals surface area contributed by atoms with Crippen LogP contribution in [0, 0.1) is 0 Å². The van der Waals surface area contributed by atoms with E-state index < -0.39 is 0 Å². The van der Waals surface area contributed by atoms with Crippen molar-refractivity contribution in [1.82, 2.24) is 0 Å². The van der Waals surface area contributed by atoms with E-state index in [0.717, 1.165) is 45.3 Å². The number of rotatable bonds is 9. The minimum Gasteiger partial charge on any atom is -0.310 e. The zero-order valence-corrected chi connectivity index (χ0v) is 37.7. The second-order valence-corrected chi connectivity index (χ2v) is 18.9. The van der Waals surface area contributed by atoms with Crippen LogP contribution >= 0.6 is 11.3 Å². The zero-order chi connectivity index (χ0) is 44.2. The van der Waals surface area contributed by atoms with Crippen molar-refractivity contribution in [3.8, 4) is 44.5 Å². The van der Waals surface area contributed by atoms with E-state index in [9.17, 15) is 0 Å². The molecule has 0 radical (unpaired) electrons. The molecule has 66 heavy (non-hydrogen) atoms. The van der Waals surface area contributed by atoms with Gasteiger partial charge in [0.1, 0.15) is 0 Å². The van der Waals surface area contributed by atoms with E-state index in [-0.39, 0.29) is 5.41 Å². The molecule has 11 aromatic rings. The van der Waals surface area contributed by atoms with E-state index >= 15 is 0 Å². The molecule has 0 saturated heterocycles. The molecular weight excluding hydrogens is 817 g/mol. The van der Waals surface area contributed by atoms with Gasteiger partial charge in [0, 0.05) is 59.7 Å². The highest BCUT2D eigenvalue weighted by Gasteiger charge is 2.36. The van der Waals surface area contributed by atoms with E-state index in [0.29, 0.717) is 0 Å². The Morgan fingerprint density at radius 1 is 0.288 bits per heavy atom. The molecule has 0 atom stereocenters. The lowest BCUT2D eigenvalue weighted by molar-refractivity contribution is 0.660. The van der Waals surface area contributed by atoms with Crippen molar-refractivity contribution in [3.05, 3.63) is 254 Å². The van der Waals surface area contributed by atoms with E-state index in [4.69, 9.17) is 0 Å². The molecule has 0 spiro atoms. The summed E-state index contributed by atoms with van der Waals surface area (Å²) in [4.78, 5) is 4.81. The van der Waals surface area contributed by atoms with Gasteiger partial charge in [-0.05, 0) is 153 Å². The number of benzene rings is 10. The van der Waals surface area contributed by atoms with Crippen LogP contribution < -0.4 is 9.80 Å². The molecule has 1 aromatic heterocycles. The van der Waals surface area contributed by atoms with Crippen LogP contribution in [0.4, 0.5) is 34.1 Å². The van der Waals surface area contributed by atoms with Gasteiger partial charge in [-0.1, -0.05) is 159 Å². The largest absolute Gasteiger partial charge is 0.310 e. The predicted octanol–water partition coefficient (Wildman–Crippen LogP) is 18.3. The molecule has 0 bridgehead atoms. The average molecular weight is 863 g/mol. The number of hydrogen-bond acceptors (Lipinski definition) is 3. The molecule has 0 saturated carbocycles. The van der Waals surface area contributed by atoms with Gasteiger partial charge in [-0.3, -0.25) is 0 Å². The van der Waals surface area contributed by atoms with Crippen LogP contribution in [0.15, 0.2) is 243 Å². The monoisotopic (exact) mass is 862 g/mol. The summed E-state index contributed by atoms with van der Waals surface area (Å²) in [5, 5.41) is 2.59. The van der Waals surface area contributed by atoms with Gasteiger partial charge in [0.25, 0.3) is 0 Å². The normalized spacial score (nSPS) is 12.5. The van der Waals surface area contributed by atoms with Crippen molar-refractivity contribution >= 4 is 65.6 Å². The first-order valence-corrected chi connectivity index (χ1v) is 23.6. The highest BCUT2D eigenvalue weighted by Crippen LogP contribution is 2.51. The van der Waals surface area contributed by atoms with Gasteiger partial charge in [-0.2, -0.15) is 0 Å².